The SMILES string of the molecule is Cc1nc(C)c(C(=O)Nc2cc(C#N)ccc2Cl)s1. The smallest absolute Gasteiger partial charge is 0.267 e. The van der Waals surface area contributed by atoms with Gasteiger partial charge in [0.1, 0.15) is 4.88 Å². The number of anilines is 1. The summed E-state index contributed by atoms with van der Waals surface area (Å²) < 4.78 is 0. The Morgan fingerprint density at radius 1 is 1.47 bits per heavy atom. The van der Waals surface area contributed by atoms with Crippen molar-refractivity contribution in [1.82, 2.24) is 4.98 Å². The number of carbonyl (C=O) groups excluding carboxylic acids is 1. The number of nitrogens with one attached hydrogen (secondary N) is 1. The molecule has 0 unspecified atom stereocenters. The van der Waals surface area contributed by atoms with Crippen LogP contribution in [0.5, 0.6) is 0 Å². The summed E-state index contributed by atoms with van der Waals surface area (Å²) in [6.07, 6.45) is 0. The molecular formula is C13H10ClN3OS. The Labute approximate surface area is 119 Å². The van der Waals surface area contributed by atoms with Crippen LogP contribution in [-0.2, 0) is 0 Å². The number of nitriles is 1. The van der Waals surface area contributed by atoms with Crippen LogP contribution in [0.15, 0.2) is 18.2 Å². The van der Waals surface area contributed by atoms with Crippen molar-refractivity contribution in [3.05, 3.63) is 44.4 Å². The van der Waals surface area contributed by atoms with E-state index in [1.807, 2.05) is 13.0 Å². The van der Waals surface area contributed by atoms with E-state index in [0.29, 0.717) is 26.8 Å². The van der Waals surface area contributed by atoms with Crippen LogP contribution in [0.4, 0.5) is 5.69 Å². The van der Waals surface area contributed by atoms with E-state index in [9.17, 15) is 4.79 Å². The minimum Gasteiger partial charge on any atom is -0.320 e. The normalized spacial score (nSPS) is 10.0. The van der Waals surface area contributed by atoms with Crippen molar-refractivity contribution in [3.8, 4) is 6.07 Å². The maximum absolute atomic E-state index is 12.1. The first-order valence-corrected chi connectivity index (χ1v) is 6.65. The molecule has 1 aromatic heterocycles. The molecule has 0 spiro atoms. The van der Waals surface area contributed by atoms with Gasteiger partial charge in [-0.2, -0.15) is 5.26 Å². The van der Waals surface area contributed by atoms with Crippen LogP contribution < -0.4 is 5.32 Å². The van der Waals surface area contributed by atoms with Crippen LogP contribution in [0, 0.1) is 25.2 Å². The highest BCUT2D eigenvalue weighted by molar-refractivity contribution is 7.13. The molecule has 0 fully saturated rings. The molecule has 4 nitrogen and oxygen atoms in total. The molecule has 0 aliphatic rings. The second-order valence-corrected chi connectivity index (χ2v) is 5.52. The molecule has 0 atom stereocenters. The summed E-state index contributed by atoms with van der Waals surface area (Å²) in [5, 5.41) is 12.8. The third-order valence-electron chi connectivity index (χ3n) is 2.45. The Balaban J connectivity index is 2.29. The molecule has 96 valence electrons. The predicted octanol–water partition coefficient (Wildman–Crippen LogP) is 3.54. The highest BCUT2D eigenvalue weighted by Gasteiger charge is 2.15. The Bertz CT molecular complexity index is 688. The third kappa shape index (κ3) is 2.92. The van der Waals surface area contributed by atoms with Gasteiger partial charge in [-0.25, -0.2) is 4.98 Å². The molecule has 2 rings (SSSR count). The number of nitrogens with zero attached hydrogens (tertiary/aromatic N) is 2. The summed E-state index contributed by atoms with van der Waals surface area (Å²) in [5.41, 5.74) is 1.56. The van der Waals surface area contributed by atoms with E-state index < -0.39 is 0 Å². The van der Waals surface area contributed by atoms with E-state index in [2.05, 4.69) is 10.3 Å². The van der Waals surface area contributed by atoms with E-state index >= 15 is 0 Å². The zero-order chi connectivity index (χ0) is 14.0. The van der Waals surface area contributed by atoms with Crippen LogP contribution in [0.25, 0.3) is 0 Å². The topological polar surface area (TPSA) is 65.8 Å². The summed E-state index contributed by atoms with van der Waals surface area (Å²) in [7, 11) is 0. The molecule has 0 aliphatic heterocycles. The van der Waals surface area contributed by atoms with Gasteiger partial charge in [0.05, 0.1) is 33.0 Å². The maximum Gasteiger partial charge on any atom is 0.267 e. The number of rotatable bonds is 2. The molecule has 0 saturated heterocycles. The Hall–Kier alpha value is -1.90. The van der Waals surface area contributed by atoms with Gasteiger partial charge in [0.15, 0.2) is 0 Å². The number of hydrogen-bond donors (Lipinski definition) is 1. The lowest BCUT2D eigenvalue weighted by molar-refractivity contribution is 0.103. The van der Waals surface area contributed by atoms with Crippen molar-refractivity contribution in [2.45, 2.75) is 13.8 Å². The standard InChI is InChI=1S/C13H10ClN3OS/c1-7-12(19-8(2)16-7)13(18)17-11-5-9(6-15)3-4-10(11)14/h3-5H,1-2H3,(H,17,18). The van der Waals surface area contributed by atoms with Gasteiger partial charge in [-0.3, -0.25) is 4.79 Å². The van der Waals surface area contributed by atoms with E-state index in [1.54, 1.807) is 25.1 Å². The third-order valence-corrected chi connectivity index (χ3v) is 3.85. The number of thiazole rings is 1. The van der Waals surface area contributed by atoms with Crippen LogP contribution in [0.3, 0.4) is 0 Å². The zero-order valence-corrected chi connectivity index (χ0v) is 11.9. The minimum atomic E-state index is -0.264. The van der Waals surface area contributed by atoms with E-state index in [1.165, 1.54) is 11.3 Å². The van der Waals surface area contributed by atoms with Crippen LogP contribution in [0.1, 0.15) is 25.9 Å². The first-order chi connectivity index (χ1) is 9.01. The molecule has 0 radical (unpaired) electrons. The highest BCUT2D eigenvalue weighted by atomic mass is 35.5. The molecule has 2 aromatic rings. The second kappa shape index (κ2) is 5.39. The average Bonchev–Trinajstić information content (AvgIpc) is 2.71. The van der Waals surface area contributed by atoms with Crippen molar-refractivity contribution in [2.75, 3.05) is 5.32 Å². The van der Waals surface area contributed by atoms with Crippen LogP contribution >= 0.6 is 22.9 Å². The number of halogens is 1. The summed E-state index contributed by atoms with van der Waals surface area (Å²) >= 11 is 7.32. The first kappa shape index (κ1) is 13.5. The summed E-state index contributed by atoms with van der Waals surface area (Å²) in [6.45, 7) is 3.63. The molecule has 1 amide bonds. The average molecular weight is 292 g/mol. The number of aromatic nitrogens is 1. The van der Waals surface area contributed by atoms with Crippen LogP contribution in [-0.4, -0.2) is 10.9 Å². The number of benzene rings is 1. The highest BCUT2D eigenvalue weighted by Crippen LogP contribution is 2.25. The van der Waals surface area contributed by atoms with Crippen molar-refractivity contribution < 1.29 is 4.79 Å². The number of aryl methyl sites for hydroxylation is 2. The van der Waals surface area contributed by atoms with Crippen LogP contribution in [0.2, 0.25) is 5.02 Å². The number of amides is 1. The summed E-state index contributed by atoms with van der Waals surface area (Å²) in [5.74, 6) is -0.264. The van der Waals surface area contributed by atoms with Gasteiger partial charge in [-0.05, 0) is 32.0 Å². The quantitative estimate of drug-likeness (QED) is 0.920. The van der Waals surface area contributed by atoms with Crippen molar-refractivity contribution in [1.29, 1.82) is 5.26 Å². The Morgan fingerprint density at radius 2 is 2.21 bits per heavy atom. The van der Waals surface area contributed by atoms with Gasteiger partial charge in [-0.15, -0.1) is 11.3 Å². The Morgan fingerprint density at radius 3 is 2.79 bits per heavy atom. The van der Waals surface area contributed by atoms with Gasteiger partial charge in [0.2, 0.25) is 0 Å². The molecule has 1 heterocycles. The second-order valence-electron chi connectivity index (χ2n) is 3.91. The molecule has 19 heavy (non-hydrogen) atoms. The largest absolute Gasteiger partial charge is 0.320 e. The van der Waals surface area contributed by atoms with Gasteiger partial charge in [0, 0.05) is 0 Å². The molecule has 0 bridgehead atoms. The van der Waals surface area contributed by atoms with Gasteiger partial charge < -0.3 is 5.32 Å². The zero-order valence-electron chi connectivity index (χ0n) is 10.3. The molecule has 1 N–H and O–H groups in total. The van der Waals surface area contributed by atoms with Gasteiger partial charge in [0.25, 0.3) is 5.91 Å². The lowest BCUT2D eigenvalue weighted by atomic mass is 10.2. The summed E-state index contributed by atoms with van der Waals surface area (Å²) in [4.78, 5) is 16.9. The minimum absolute atomic E-state index is 0.264. The Kier molecular flexibility index (Phi) is 3.84. The van der Waals surface area contributed by atoms with E-state index in [-0.39, 0.29) is 5.91 Å². The van der Waals surface area contributed by atoms with Crippen molar-refractivity contribution in [2.24, 2.45) is 0 Å². The molecule has 1 aromatic carbocycles. The van der Waals surface area contributed by atoms with E-state index in [0.717, 1.165) is 5.01 Å². The lowest BCUT2D eigenvalue weighted by Crippen LogP contribution is -2.12. The summed E-state index contributed by atoms with van der Waals surface area (Å²) in [6, 6.07) is 6.73. The molecule has 6 heteroatoms. The molecule has 0 saturated carbocycles. The maximum atomic E-state index is 12.1. The number of hydrogen-bond acceptors (Lipinski definition) is 4. The van der Waals surface area contributed by atoms with Gasteiger partial charge >= 0.3 is 0 Å². The predicted molar refractivity (Wildman–Crippen MR) is 75.7 cm³/mol. The fourth-order valence-electron chi connectivity index (χ4n) is 1.61. The lowest BCUT2D eigenvalue weighted by Gasteiger charge is -2.06. The molecular weight excluding hydrogens is 282 g/mol. The first-order valence-electron chi connectivity index (χ1n) is 5.46. The van der Waals surface area contributed by atoms with Crippen molar-refractivity contribution in [3.63, 3.8) is 0 Å². The fourth-order valence-corrected chi connectivity index (χ4v) is 2.59. The van der Waals surface area contributed by atoms with Crippen molar-refractivity contribution >= 4 is 34.5 Å². The van der Waals surface area contributed by atoms with E-state index in [4.69, 9.17) is 16.9 Å². The monoisotopic (exact) mass is 291 g/mol. The molecule has 0 aliphatic carbocycles. The number of carbonyl (C=O) groups is 1. The van der Waals surface area contributed by atoms with Gasteiger partial charge in [-0.1, -0.05) is 11.6 Å². The fraction of sp³-hybridized carbons (Fsp3) is 0.154.